The minimum absolute atomic E-state index is 0.233. The van der Waals surface area contributed by atoms with Gasteiger partial charge in [-0.25, -0.2) is 0 Å². The molecule has 1 amide bonds. The third-order valence-corrected chi connectivity index (χ3v) is 4.06. The molecule has 3 nitrogen and oxygen atoms in total. The van der Waals surface area contributed by atoms with Gasteiger partial charge in [0.25, 0.3) is 5.91 Å². The summed E-state index contributed by atoms with van der Waals surface area (Å²) in [6, 6.07) is 24.5. The lowest BCUT2D eigenvalue weighted by molar-refractivity contribution is 0.102. The molecule has 0 unspecified atom stereocenters. The SMILES string of the molecule is O=C(Nc1ccc(OCCc2ccccc2)cc1)c1ccccc1Cl. The predicted molar refractivity (Wildman–Crippen MR) is 101 cm³/mol. The lowest BCUT2D eigenvalue weighted by Gasteiger charge is -2.09. The first kappa shape index (κ1) is 17.1. The summed E-state index contributed by atoms with van der Waals surface area (Å²) in [7, 11) is 0. The quantitative estimate of drug-likeness (QED) is 0.661. The molecule has 0 fully saturated rings. The number of anilines is 1. The molecule has 0 aromatic heterocycles. The zero-order valence-corrected chi connectivity index (χ0v) is 14.4. The molecule has 0 heterocycles. The van der Waals surface area contributed by atoms with Crippen LogP contribution in [0.2, 0.25) is 5.02 Å². The first-order chi connectivity index (χ1) is 12.2. The van der Waals surface area contributed by atoms with Crippen molar-refractivity contribution in [2.75, 3.05) is 11.9 Å². The molecular formula is C21H18ClNO2. The number of nitrogens with one attached hydrogen (secondary N) is 1. The van der Waals surface area contributed by atoms with E-state index in [1.165, 1.54) is 5.56 Å². The number of rotatable bonds is 6. The second-order valence-corrected chi connectivity index (χ2v) is 5.95. The average molecular weight is 352 g/mol. The Morgan fingerprint density at radius 3 is 2.28 bits per heavy atom. The summed E-state index contributed by atoms with van der Waals surface area (Å²) < 4.78 is 5.74. The van der Waals surface area contributed by atoms with Crippen LogP contribution < -0.4 is 10.1 Å². The van der Waals surface area contributed by atoms with Crippen LogP contribution in [0.15, 0.2) is 78.9 Å². The van der Waals surface area contributed by atoms with Gasteiger partial charge in [-0.1, -0.05) is 54.1 Å². The summed E-state index contributed by atoms with van der Waals surface area (Å²) >= 11 is 6.04. The van der Waals surface area contributed by atoms with E-state index >= 15 is 0 Å². The first-order valence-electron chi connectivity index (χ1n) is 8.05. The van der Waals surface area contributed by atoms with Crippen LogP contribution in [0.1, 0.15) is 15.9 Å². The Hall–Kier alpha value is -2.78. The van der Waals surface area contributed by atoms with E-state index in [2.05, 4.69) is 17.4 Å². The second kappa shape index (κ2) is 8.36. The Morgan fingerprint density at radius 2 is 1.56 bits per heavy atom. The molecule has 25 heavy (non-hydrogen) atoms. The maximum atomic E-state index is 12.2. The monoisotopic (exact) mass is 351 g/mol. The minimum Gasteiger partial charge on any atom is -0.493 e. The van der Waals surface area contributed by atoms with Crippen LogP contribution in [0.4, 0.5) is 5.69 Å². The normalized spacial score (nSPS) is 10.3. The van der Waals surface area contributed by atoms with Gasteiger partial charge in [0.05, 0.1) is 17.2 Å². The zero-order valence-electron chi connectivity index (χ0n) is 13.6. The highest BCUT2D eigenvalue weighted by molar-refractivity contribution is 6.34. The smallest absolute Gasteiger partial charge is 0.257 e. The van der Waals surface area contributed by atoms with Gasteiger partial charge in [-0.15, -0.1) is 0 Å². The number of carbonyl (C=O) groups excluding carboxylic acids is 1. The molecule has 0 atom stereocenters. The summed E-state index contributed by atoms with van der Waals surface area (Å²) in [5.41, 5.74) is 2.39. The lowest BCUT2D eigenvalue weighted by Crippen LogP contribution is -2.12. The maximum absolute atomic E-state index is 12.2. The van der Waals surface area contributed by atoms with Crippen LogP contribution in [-0.4, -0.2) is 12.5 Å². The highest BCUT2D eigenvalue weighted by Gasteiger charge is 2.09. The molecule has 4 heteroatoms. The van der Waals surface area contributed by atoms with Gasteiger partial charge in [0.15, 0.2) is 0 Å². The van der Waals surface area contributed by atoms with Gasteiger partial charge < -0.3 is 10.1 Å². The van der Waals surface area contributed by atoms with Crippen molar-refractivity contribution in [3.8, 4) is 5.75 Å². The van der Waals surface area contributed by atoms with Gasteiger partial charge in [0, 0.05) is 12.1 Å². The molecule has 0 radical (unpaired) electrons. The van der Waals surface area contributed by atoms with Crippen molar-refractivity contribution in [3.05, 3.63) is 95.0 Å². The molecule has 0 bridgehead atoms. The Kier molecular flexibility index (Phi) is 5.70. The van der Waals surface area contributed by atoms with Crippen LogP contribution in [0.25, 0.3) is 0 Å². The molecule has 0 saturated carbocycles. The van der Waals surface area contributed by atoms with E-state index in [0.29, 0.717) is 22.9 Å². The first-order valence-corrected chi connectivity index (χ1v) is 8.43. The van der Waals surface area contributed by atoms with Crippen LogP contribution in [0.5, 0.6) is 5.75 Å². The maximum Gasteiger partial charge on any atom is 0.257 e. The summed E-state index contributed by atoms with van der Waals surface area (Å²) in [6.07, 6.45) is 0.853. The van der Waals surface area contributed by atoms with Crippen molar-refractivity contribution >= 4 is 23.2 Å². The Morgan fingerprint density at radius 1 is 0.880 bits per heavy atom. The number of hydrogen-bond donors (Lipinski definition) is 1. The number of benzene rings is 3. The summed E-state index contributed by atoms with van der Waals surface area (Å²) in [5, 5.41) is 3.26. The minimum atomic E-state index is -0.233. The van der Waals surface area contributed by atoms with Gasteiger partial charge in [-0.2, -0.15) is 0 Å². The Bertz CT molecular complexity index is 832. The molecule has 0 aliphatic heterocycles. The average Bonchev–Trinajstić information content (AvgIpc) is 2.64. The summed E-state index contributed by atoms with van der Waals surface area (Å²) in [5.74, 6) is 0.537. The number of ether oxygens (including phenoxy) is 1. The fourth-order valence-corrected chi connectivity index (χ4v) is 2.63. The highest BCUT2D eigenvalue weighted by Crippen LogP contribution is 2.19. The van der Waals surface area contributed by atoms with Crippen LogP contribution in [0.3, 0.4) is 0 Å². The molecule has 0 saturated heterocycles. The zero-order chi connectivity index (χ0) is 17.5. The standard InChI is InChI=1S/C21H18ClNO2/c22-20-9-5-4-8-19(20)21(24)23-17-10-12-18(13-11-17)25-15-14-16-6-2-1-3-7-16/h1-13H,14-15H2,(H,23,24). The van der Waals surface area contributed by atoms with Crippen LogP contribution in [-0.2, 0) is 6.42 Å². The molecule has 126 valence electrons. The molecule has 0 aliphatic rings. The molecule has 3 aromatic rings. The fourth-order valence-electron chi connectivity index (χ4n) is 2.41. The third kappa shape index (κ3) is 4.85. The van der Waals surface area contributed by atoms with E-state index in [1.54, 1.807) is 24.3 Å². The van der Waals surface area contributed by atoms with E-state index in [0.717, 1.165) is 12.2 Å². The van der Waals surface area contributed by atoms with Crippen molar-refractivity contribution in [2.45, 2.75) is 6.42 Å². The molecule has 3 rings (SSSR count). The Labute approximate surface area is 152 Å². The largest absolute Gasteiger partial charge is 0.493 e. The fraction of sp³-hybridized carbons (Fsp3) is 0.0952. The molecular weight excluding hydrogens is 334 g/mol. The predicted octanol–water partition coefficient (Wildman–Crippen LogP) is 5.21. The van der Waals surface area contributed by atoms with Crippen molar-refractivity contribution in [1.82, 2.24) is 0 Å². The van der Waals surface area contributed by atoms with Gasteiger partial charge in [-0.05, 0) is 42.0 Å². The van der Waals surface area contributed by atoms with E-state index in [4.69, 9.17) is 16.3 Å². The van der Waals surface area contributed by atoms with Crippen LogP contribution >= 0.6 is 11.6 Å². The van der Waals surface area contributed by atoms with Crippen molar-refractivity contribution in [3.63, 3.8) is 0 Å². The van der Waals surface area contributed by atoms with E-state index < -0.39 is 0 Å². The summed E-state index contributed by atoms with van der Waals surface area (Å²) in [6.45, 7) is 0.606. The molecule has 1 N–H and O–H groups in total. The molecule has 3 aromatic carbocycles. The lowest BCUT2D eigenvalue weighted by atomic mass is 10.2. The van der Waals surface area contributed by atoms with Crippen molar-refractivity contribution in [2.24, 2.45) is 0 Å². The van der Waals surface area contributed by atoms with E-state index in [9.17, 15) is 4.79 Å². The molecule has 0 spiro atoms. The third-order valence-electron chi connectivity index (χ3n) is 3.73. The van der Waals surface area contributed by atoms with Crippen molar-refractivity contribution in [1.29, 1.82) is 0 Å². The molecule has 0 aliphatic carbocycles. The van der Waals surface area contributed by atoms with Crippen LogP contribution in [0, 0.1) is 0 Å². The van der Waals surface area contributed by atoms with Gasteiger partial charge in [-0.3, -0.25) is 4.79 Å². The second-order valence-electron chi connectivity index (χ2n) is 5.54. The number of hydrogen-bond acceptors (Lipinski definition) is 2. The van der Waals surface area contributed by atoms with Gasteiger partial charge in [0.1, 0.15) is 5.75 Å². The topological polar surface area (TPSA) is 38.3 Å². The number of amides is 1. The van der Waals surface area contributed by atoms with E-state index in [1.807, 2.05) is 42.5 Å². The number of halogens is 1. The van der Waals surface area contributed by atoms with Gasteiger partial charge >= 0.3 is 0 Å². The highest BCUT2D eigenvalue weighted by atomic mass is 35.5. The number of carbonyl (C=O) groups is 1. The Balaban J connectivity index is 1.53. The van der Waals surface area contributed by atoms with Gasteiger partial charge in [0.2, 0.25) is 0 Å². The summed E-state index contributed by atoms with van der Waals surface area (Å²) in [4.78, 5) is 12.2. The van der Waals surface area contributed by atoms with Crippen molar-refractivity contribution < 1.29 is 9.53 Å². The van der Waals surface area contributed by atoms with E-state index in [-0.39, 0.29) is 5.91 Å².